The van der Waals surface area contributed by atoms with Crippen LogP contribution in [-0.2, 0) is 33.2 Å². The van der Waals surface area contributed by atoms with Gasteiger partial charge >= 0.3 is 0 Å². The molecule has 3 aliphatic rings. The maximum absolute atomic E-state index is 13.3. The zero-order valence-electron chi connectivity index (χ0n) is 53.6. The van der Waals surface area contributed by atoms with Crippen molar-refractivity contribution in [1.82, 2.24) is 5.32 Å². The number of amides is 1. The molecule has 0 aliphatic carbocycles. The van der Waals surface area contributed by atoms with E-state index >= 15 is 0 Å². The lowest BCUT2D eigenvalue weighted by Gasteiger charge is -2.48. The molecule has 3 heterocycles. The van der Waals surface area contributed by atoms with E-state index in [1.165, 1.54) is 83.5 Å². The van der Waals surface area contributed by atoms with Gasteiger partial charge in [0, 0.05) is 6.42 Å². The number of nitrogens with one attached hydrogen (secondary N) is 1. The third-order valence-electron chi connectivity index (χ3n) is 16.1. The summed E-state index contributed by atoms with van der Waals surface area (Å²) in [7, 11) is 0. The summed E-state index contributed by atoms with van der Waals surface area (Å²) >= 11 is 0. The van der Waals surface area contributed by atoms with Crippen LogP contribution in [0.5, 0.6) is 0 Å². The summed E-state index contributed by atoms with van der Waals surface area (Å²) in [4.78, 5) is 13.3. The second-order valence-electron chi connectivity index (χ2n) is 23.5. The molecule has 510 valence electrons. The van der Waals surface area contributed by atoms with Crippen LogP contribution in [0.3, 0.4) is 0 Å². The second kappa shape index (κ2) is 50.9. The quantitative estimate of drug-likeness (QED) is 0.0201. The molecule has 0 bridgehead atoms. The third kappa shape index (κ3) is 33.2. The summed E-state index contributed by atoms with van der Waals surface area (Å²) in [5.41, 5.74) is 0. The van der Waals surface area contributed by atoms with Crippen molar-refractivity contribution >= 4 is 5.91 Å². The van der Waals surface area contributed by atoms with Gasteiger partial charge in [-0.05, 0) is 90.4 Å². The molecule has 0 radical (unpaired) electrons. The molecule has 89 heavy (non-hydrogen) atoms. The van der Waals surface area contributed by atoms with E-state index < -0.39 is 124 Å². The highest BCUT2D eigenvalue weighted by Crippen LogP contribution is 2.33. The number of aliphatic hydroxyl groups excluding tert-OH is 11. The summed E-state index contributed by atoms with van der Waals surface area (Å²) < 4.78 is 34.2. The normalized spacial score (nSPS) is 28.9. The van der Waals surface area contributed by atoms with Crippen LogP contribution in [0.4, 0.5) is 0 Å². The highest BCUT2D eigenvalue weighted by Gasteiger charge is 2.53. The topological polar surface area (TPSA) is 307 Å². The minimum Gasteiger partial charge on any atom is -0.394 e. The Balaban J connectivity index is 1.32. The largest absolute Gasteiger partial charge is 0.394 e. The standard InChI is InChI=1S/C70H117NO18/c1-3-5-7-9-11-13-14-15-16-17-18-19-20-21-22-23-24-25-26-27-28-29-30-31-32-33-34-35-36-37-38-40-42-44-46-48-58(76)71-53(54(75)47-45-43-41-39-12-10-8-6-4-2)52-84-68-64(82)61(79)66(56(50-73)86-68)89-70-65(83)62(80)67(57(51-74)87-70)88-69-63(81)60(78)59(77)55(49-72)85-69/h4-7,11-13,15-16,18-19,21-22,24-25,39,45,47,53-57,59-70,72-75,77-83H,3,8-10,14,17,20,23,26-38,40-44,46,48-52H2,1-2H3,(H,71,76)/b6-4+,7-5-,13-11-,16-15-,19-18-,22-21-,25-24-,39-12+,47-45+. The van der Waals surface area contributed by atoms with Crippen molar-refractivity contribution in [2.24, 2.45) is 0 Å². The maximum atomic E-state index is 13.3. The van der Waals surface area contributed by atoms with E-state index in [9.17, 15) is 61.0 Å². The Morgan fingerprint density at radius 1 is 0.427 bits per heavy atom. The van der Waals surface area contributed by atoms with Crippen LogP contribution >= 0.6 is 0 Å². The highest BCUT2D eigenvalue weighted by molar-refractivity contribution is 5.76. The molecule has 0 aromatic carbocycles. The Morgan fingerprint density at radius 2 is 0.798 bits per heavy atom. The van der Waals surface area contributed by atoms with Crippen molar-refractivity contribution in [3.8, 4) is 0 Å². The molecule has 12 N–H and O–H groups in total. The summed E-state index contributed by atoms with van der Waals surface area (Å²) in [6, 6.07) is -0.999. The van der Waals surface area contributed by atoms with E-state index in [-0.39, 0.29) is 18.9 Å². The first-order valence-corrected chi connectivity index (χ1v) is 33.6. The fourth-order valence-corrected chi connectivity index (χ4v) is 10.7. The first-order valence-electron chi connectivity index (χ1n) is 33.6. The van der Waals surface area contributed by atoms with Gasteiger partial charge in [0.15, 0.2) is 18.9 Å². The molecule has 0 spiro atoms. The predicted octanol–water partition coefficient (Wildman–Crippen LogP) is 8.27. The molecule has 19 nitrogen and oxygen atoms in total. The summed E-state index contributed by atoms with van der Waals surface area (Å²) in [6.07, 6.45) is 41.3. The lowest BCUT2D eigenvalue weighted by molar-refractivity contribution is -0.379. The molecule has 17 atom stereocenters. The fourth-order valence-electron chi connectivity index (χ4n) is 10.7. The van der Waals surface area contributed by atoms with Gasteiger partial charge in [0.25, 0.3) is 0 Å². The van der Waals surface area contributed by atoms with Crippen LogP contribution in [0.1, 0.15) is 194 Å². The number of hydrogen-bond acceptors (Lipinski definition) is 18. The molecule has 0 aromatic heterocycles. The van der Waals surface area contributed by atoms with E-state index in [0.29, 0.717) is 12.8 Å². The SMILES string of the molecule is C/C=C/CC/C=C/CC/C=C/C(O)C(COC1OC(CO)C(OC2OC(CO)C(OC3OC(CO)C(O)C(O)C3O)C(O)C2O)C(O)C1O)NC(=O)CCCCCCCCCCCCCCCCCC/C=C\C/C=C\C/C=C\C/C=C\C/C=C\C/C=C\CC. The fraction of sp³-hybridized carbons (Fsp3) is 0.729. The second-order valence-corrected chi connectivity index (χ2v) is 23.5. The molecule has 3 rings (SSSR count). The predicted molar refractivity (Wildman–Crippen MR) is 346 cm³/mol. The number of allylic oxidation sites excluding steroid dienone is 17. The number of carbonyl (C=O) groups excluding carboxylic acids is 1. The van der Waals surface area contributed by atoms with Crippen molar-refractivity contribution in [1.29, 1.82) is 0 Å². The molecule has 17 unspecified atom stereocenters. The first-order chi connectivity index (χ1) is 43.3. The van der Waals surface area contributed by atoms with Crippen LogP contribution in [0.2, 0.25) is 0 Å². The molecular weight excluding hydrogens is 1140 g/mol. The third-order valence-corrected chi connectivity index (χ3v) is 16.1. The van der Waals surface area contributed by atoms with Crippen molar-refractivity contribution in [3.05, 3.63) is 109 Å². The minimum atomic E-state index is -1.98. The van der Waals surface area contributed by atoms with Gasteiger partial charge in [-0.3, -0.25) is 4.79 Å². The van der Waals surface area contributed by atoms with E-state index in [0.717, 1.165) is 77.0 Å². The zero-order chi connectivity index (χ0) is 64.7. The van der Waals surface area contributed by atoms with Gasteiger partial charge in [-0.25, -0.2) is 0 Å². The van der Waals surface area contributed by atoms with Crippen molar-refractivity contribution < 1.29 is 89.4 Å². The Morgan fingerprint density at radius 3 is 1.26 bits per heavy atom. The summed E-state index contributed by atoms with van der Waals surface area (Å²) in [5, 5.41) is 120. The van der Waals surface area contributed by atoms with Gasteiger partial charge in [0.1, 0.15) is 73.2 Å². The van der Waals surface area contributed by atoms with Gasteiger partial charge in [0.05, 0.1) is 38.6 Å². The maximum Gasteiger partial charge on any atom is 0.220 e. The monoisotopic (exact) mass is 1260 g/mol. The molecule has 3 fully saturated rings. The van der Waals surface area contributed by atoms with Gasteiger partial charge < -0.3 is 89.9 Å². The average Bonchev–Trinajstić information content (AvgIpc) is 1.06. The summed E-state index contributed by atoms with van der Waals surface area (Å²) in [6.45, 7) is 1.32. The summed E-state index contributed by atoms with van der Waals surface area (Å²) in [5.74, 6) is -0.297. The Labute approximate surface area is 532 Å². The Bertz CT molecular complexity index is 2040. The number of aliphatic hydroxyl groups is 11. The molecule has 1 amide bonds. The van der Waals surface area contributed by atoms with Crippen LogP contribution in [0, 0.1) is 0 Å². The minimum absolute atomic E-state index is 0.226. The molecule has 0 aromatic rings. The Kier molecular flexibility index (Phi) is 45.6. The number of hydrogen-bond donors (Lipinski definition) is 12. The smallest absolute Gasteiger partial charge is 0.220 e. The molecular formula is C70H117NO18. The highest BCUT2D eigenvalue weighted by atomic mass is 16.8. The van der Waals surface area contributed by atoms with Crippen molar-refractivity contribution in [3.63, 3.8) is 0 Å². The van der Waals surface area contributed by atoms with Crippen LogP contribution in [-0.4, -0.2) is 193 Å². The Hall–Kier alpha value is -3.55. The number of ether oxygens (including phenoxy) is 6. The molecule has 3 saturated heterocycles. The van der Waals surface area contributed by atoms with E-state index in [1.807, 2.05) is 19.1 Å². The lowest BCUT2D eigenvalue weighted by Crippen LogP contribution is -2.66. The lowest BCUT2D eigenvalue weighted by atomic mass is 9.96. The zero-order valence-corrected chi connectivity index (χ0v) is 53.6. The average molecular weight is 1260 g/mol. The van der Waals surface area contributed by atoms with Crippen LogP contribution < -0.4 is 5.32 Å². The number of carbonyl (C=O) groups is 1. The van der Waals surface area contributed by atoms with E-state index in [2.05, 4.69) is 103 Å². The van der Waals surface area contributed by atoms with Crippen molar-refractivity contribution in [2.45, 2.75) is 298 Å². The number of unbranched alkanes of at least 4 members (excludes halogenated alkanes) is 18. The van der Waals surface area contributed by atoms with Gasteiger partial charge in [-0.1, -0.05) is 206 Å². The van der Waals surface area contributed by atoms with Crippen LogP contribution in [0.25, 0.3) is 0 Å². The van der Waals surface area contributed by atoms with Gasteiger partial charge in [-0.15, -0.1) is 0 Å². The first kappa shape index (κ1) is 79.7. The number of rotatable bonds is 49. The van der Waals surface area contributed by atoms with Crippen molar-refractivity contribution in [2.75, 3.05) is 26.4 Å². The van der Waals surface area contributed by atoms with Gasteiger partial charge in [0.2, 0.25) is 5.91 Å². The van der Waals surface area contributed by atoms with Gasteiger partial charge in [-0.2, -0.15) is 0 Å². The van der Waals surface area contributed by atoms with E-state index in [1.54, 1.807) is 6.08 Å². The molecule has 0 saturated carbocycles. The molecule has 19 heteroatoms. The molecule has 3 aliphatic heterocycles. The van der Waals surface area contributed by atoms with Crippen LogP contribution in [0.15, 0.2) is 109 Å². The van der Waals surface area contributed by atoms with E-state index in [4.69, 9.17) is 28.4 Å².